The van der Waals surface area contributed by atoms with Crippen LogP contribution in [0, 0.1) is 11.3 Å². The summed E-state index contributed by atoms with van der Waals surface area (Å²) in [6, 6.07) is 8.01. The first-order chi connectivity index (χ1) is 11.9. The van der Waals surface area contributed by atoms with Crippen molar-refractivity contribution in [3.05, 3.63) is 51.2 Å². The molecule has 1 heterocycles. The molecule has 0 saturated heterocycles. The number of thiophene rings is 1. The van der Waals surface area contributed by atoms with Crippen molar-refractivity contribution in [2.24, 2.45) is 0 Å². The summed E-state index contributed by atoms with van der Waals surface area (Å²) < 4.78 is 27.8. The second-order valence-electron chi connectivity index (χ2n) is 5.40. The predicted octanol–water partition coefficient (Wildman–Crippen LogP) is 3.63. The maximum absolute atomic E-state index is 12.6. The molecule has 0 fully saturated rings. The first kappa shape index (κ1) is 19.9. The van der Waals surface area contributed by atoms with Crippen LogP contribution in [0.25, 0.3) is 0 Å². The van der Waals surface area contributed by atoms with Crippen LogP contribution in [-0.4, -0.2) is 33.0 Å². The number of halogens is 1. The van der Waals surface area contributed by atoms with Gasteiger partial charge in [-0.3, -0.25) is 4.90 Å². The molecule has 1 unspecified atom stereocenters. The van der Waals surface area contributed by atoms with Crippen molar-refractivity contribution in [1.82, 2.24) is 9.62 Å². The van der Waals surface area contributed by atoms with Gasteiger partial charge in [0.2, 0.25) is 10.0 Å². The lowest BCUT2D eigenvalue weighted by Gasteiger charge is -2.29. The normalized spacial score (nSPS) is 12.9. The zero-order valence-electron chi connectivity index (χ0n) is 14.1. The minimum absolute atomic E-state index is 0.0371. The standard InChI is InChI=1S/C17H20ClN3O2S2/c1-3-21(4-2)17(14-7-8-24-12-14)11-20-25(22,23)15-6-5-13(10-19)16(18)9-15/h5-9,12,17,20H,3-4,11H2,1-2H3. The third kappa shape index (κ3) is 4.81. The first-order valence-corrected chi connectivity index (χ1v) is 10.7. The molecular formula is C17H20ClN3O2S2. The highest BCUT2D eigenvalue weighted by atomic mass is 35.5. The smallest absolute Gasteiger partial charge is 0.240 e. The largest absolute Gasteiger partial charge is 0.296 e. The van der Waals surface area contributed by atoms with Crippen molar-refractivity contribution in [2.45, 2.75) is 24.8 Å². The molecule has 1 aromatic heterocycles. The molecule has 0 bridgehead atoms. The van der Waals surface area contributed by atoms with Crippen molar-refractivity contribution >= 4 is 33.0 Å². The summed E-state index contributed by atoms with van der Waals surface area (Å²) in [4.78, 5) is 2.26. The number of hydrogen-bond donors (Lipinski definition) is 1. The van der Waals surface area contributed by atoms with Crippen molar-refractivity contribution in [3.8, 4) is 6.07 Å². The van der Waals surface area contributed by atoms with Crippen LogP contribution in [0.2, 0.25) is 5.02 Å². The van der Waals surface area contributed by atoms with Gasteiger partial charge in [0.05, 0.1) is 15.5 Å². The van der Waals surface area contributed by atoms with Crippen LogP contribution in [0.15, 0.2) is 39.9 Å². The highest BCUT2D eigenvalue weighted by Crippen LogP contribution is 2.24. The van der Waals surface area contributed by atoms with Crippen LogP contribution in [0.3, 0.4) is 0 Å². The van der Waals surface area contributed by atoms with Crippen LogP contribution < -0.4 is 4.72 Å². The lowest BCUT2D eigenvalue weighted by Crippen LogP contribution is -2.37. The van der Waals surface area contributed by atoms with Crippen molar-refractivity contribution in [2.75, 3.05) is 19.6 Å². The molecular weight excluding hydrogens is 378 g/mol. The van der Waals surface area contributed by atoms with Crippen molar-refractivity contribution < 1.29 is 8.42 Å². The fourth-order valence-corrected chi connectivity index (χ4v) is 4.67. The van der Waals surface area contributed by atoms with Gasteiger partial charge < -0.3 is 0 Å². The minimum atomic E-state index is -3.71. The molecule has 25 heavy (non-hydrogen) atoms. The van der Waals surface area contributed by atoms with Crippen LogP contribution in [0.4, 0.5) is 0 Å². The third-order valence-corrected chi connectivity index (χ3v) is 6.45. The zero-order chi connectivity index (χ0) is 18.4. The van der Waals surface area contributed by atoms with Gasteiger partial charge in [-0.15, -0.1) is 0 Å². The van der Waals surface area contributed by atoms with E-state index in [4.69, 9.17) is 16.9 Å². The Morgan fingerprint density at radius 3 is 2.56 bits per heavy atom. The van der Waals surface area contributed by atoms with Crippen LogP contribution in [0.5, 0.6) is 0 Å². The number of rotatable bonds is 8. The van der Waals surface area contributed by atoms with E-state index in [9.17, 15) is 8.42 Å². The van der Waals surface area contributed by atoms with Crippen LogP contribution >= 0.6 is 22.9 Å². The summed E-state index contributed by atoms with van der Waals surface area (Å²) in [7, 11) is -3.71. The van der Waals surface area contributed by atoms with Gasteiger partial charge in [-0.25, -0.2) is 13.1 Å². The number of nitrogens with one attached hydrogen (secondary N) is 1. The van der Waals surface area contributed by atoms with Gasteiger partial charge in [0.1, 0.15) is 6.07 Å². The van der Waals surface area contributed by atoms with Gasteiger partial charge in [0, 0.05) is 12.6 Å². The molecule has 0 saturated carbocycles. The number of likely N-dealkylation sites (N-methyl/N-ethyl adjacent to an activating group) is 1. The fourth-order valence-electron chi connectivity index (χ4n) is 2.61. The Morgan fingerprint density at radius 2 is 2.04 bits per heavy atom. The van der Waals surface area contributed by atoms with Gasteiger partial charge in [-0.1, -0.05) is 25.4 Å². The molecule has 2 aromatic rings. The highest BCUT2D eigenvalue weighted by molar-refractivity contribution is 7.89. The van der Waals surface area contributed by atoms with E-state index in [0.29, 0.717) is 0 Å². The zero-order valence-corrected chi connectivity index (χ0v) is 16.5. The molecule has 0 aliphatic heterocycles. The first-order valence-electron chi connectivity index (χ1n) is 7.88. The van der Waals surface area contributed by atoms with E-state index in [1.54, 1.807) is 11.3 Å². The van der Waals surface area contributed by atoms with Gasteiger partial charge in [-0.05, 0) is 53.7 Å². The van der Waals surface area contributed by atoms with E-state index >= 15 is 0 Å². The van der Waals surface area contributed by atoms with Crippen molar-refractivity contribution in [3.63, 3.8) is 0 Å². The molecule has 1 aromatic carbocycles. The quantitative estimate of drug-likeness (QED) is 0.738. The van der Waals surface area contributed by atoms with Gasteiger partial charge in [-0.2, -0.15) is 16.6 Å². The number of nitriles is 1. The molecule has 0 radical (unpaired) electrons. The SMILES string of the molecule is CCN(CC)C(CNS(=O)(=O)c1ccc(C#N)c(Cl)c1)c1ccsc1. The summed E-state index contributed by atoms with van der Waals surface area (Å²) >= 11 is 7.54. The van der Waals surface area contributed by atoms with E-state index in [0.717, 1.165) is 18.7 Å². The van der Waals surface area contributed by atoms with Gasteiger partial charge in [0.25, 0.3) is 0 Å². The summed E-state index contributed by atoms with van der Waals surface area (Å²) in [6.07, 6.45) is 0. The third-order valence-electron chi connectivity index (χ3n) is 4.02. The summed E-state index contributed by atoms with van der Waals surface area (Å²) in [5.74, 6) is 0. The molecule has 0 aliphatic rings. The Balaban J connectivity index is 2.21. The predicted molar refractivity (Wildman–Crippen MR) is 101 cm³/mol. The maximum atomic E-state index is 12.6. The number of nitrogens with zero attached hydrogens (tertiary/aromatic N) is 2. The van der Waals surface area contributed by atoms with Gasteiger partial charge in [0.15, 0.2) is 0 Å². The molecule has 8 heteroatoms. The summed E-state index contributed by atoms with van der Waals surface area (Å²) in [5.41, 5.74) is 1.34. The van der Waals surface area contributed by atoms with Gasteiger partial charge >= 0.3 is 0 Å². The van der Waals surface area contributed by atoms with E-state index in [1.165, 1.54) is 18.2 Å². The lowest BCUT2D eigenvalue weighted by molar-refractivity contribution is 0.220. The average molecular weight is 398 g/mol. The Labute approximate surface area is 157 Å². The fraction of sp³-hybridized carbons (Fsp3) is 0.353. The molecule has 1 N–H and O–H groups in total. The molecule has 0 amide bonds. The Morgan fingerprint density at radius 1 is 1.32 bits per heavy atom. The molecule has 134 valence electrons. The number of benzene rings is 1. The highest BCUT2D eigenvalue weighted by Gasteiger charge is 2.22. The van der Waals surface area contributed by atoms with Crippen LogP contribution in [-0.2, 0) is 10.0 Å². The van der Waals surface area contributed by atoms with E-state index in [2.05, 4.69) is 23.5 Å². The molecule has 5 nitrogen and oxygen atoms in total. The second-order valence-corrected chi connectivity index (χ2v) is 8.35. The topological polar surface area (TPSA) is 73.2 Å². The maximum Gasteiger partial charge on any atom is 0.240 e. The average Bonchev–Trinajstić information content (AvgIpc) is 3.12. The molecule has 2 rings (SSSR count). The molecule has 0 spiro atoms. The number of hydrogen-bond acceptors (Lipinski definition) is 5. The van der Waals surface area contributed by atoms with E-state index < -0.39 is 10.0 Å². The minimum Gasteiger partial charge on any atom is -0.296 e. The monoisotopic (exact) mass is 397 g/mol. The molecule has 0 aliphatic carbocycles. The van der Waals surface area contributed by atoms with Crippen molar-refractivity contribution in [1.29, 1.82) is 5.26 Å². The lowest BCUT2D eigenvalue weighted by atomic mass is 10.1. The summed E-state index contributed by atoms with van der Waals surface area (Å²) in [5, 5.41) is 13.1. The summed E-state index contributed by atoms with van der Waals surface area (Å²) in [6.45, 7) is 6.01. The van der Waals surface area contributed by atoms with E-state index in [-0.39, 0.29) is 28.1 Å². The Kier molecular flexibility index (Phi) is 6.99. The Hall–Kier alpha value is -1.43. The second kappa shape index (κ2) is 8.79. The van der Waals surface area contributed by atoms with E-state index in [1.807, 2.05) is 22.9 Å². The van der Waals surface area contributed by atoms with Crippen LogP contribution in [0.1, 0.15) is 31.0 Å². The Bertz CT molecular complexity index is 841. The number of sulfonamides is 1. The molecule has 1 atom stereocenters.